The Bertz CT molecular complexity index is 6690. The monoisotopic (exact) mass is 1650 g/mol. The minimum Gasteiger partial charge on any atom is -0.346 e. The smallest absolute Gasteiger partial charge is 0.297 e. The van der Waals surface area contributed by atoms with Crippen LogP contribution in [-0.2, 0) is 75.5 Å². The predicted molar refractivity (Wildman–Crippen MR) is 382 cm³/mol. The van der Waals surface area contributed by atoms with E-state index in [0.29, 0.717) is 11.1 Å². The Morgan fingerprint density at radius 1 is 0.533 bits per heavy atom. The van der Waals surface area contributed by atoms with Crippen molar-refractivity contribution in [3.63, 3.8) is 0 Å². The second-order valence-corrected chi connectivity index (χ2v) is 34.1. The van der Waals surface area contributed by atoms with Crippen LogP contribution in [0.1, 0.15) is 74.9 Å². The second-order valence-electron chi connectivity index (χ2n) is 23.1. The van der Waals surface area contributed by atoms with E-state index in [0.717, 1.165) is 60.7 Å². The lowest BCUT2D eigenvalue weighted by molar-refractivity contribution is -0.117. The molecule has 1 aromatic heterocycles. The van der Waals surface area contributed by atoms with Crippen molar-refractivity contribution in [2.75, 3.05) is 9.73 Å². The van der Waals surface area contributed by atoms with Crippen LogP contribution in [0.3, 0.4) is 0 Å². The van der Waals surface area contributed by atoms with Crippen LogP contribution in [0.2, 0.25) is 15.5 Å². The van der Waals surface area contributed by atoms with Crippen molar-refractivity contribution < 1.29 is 91.0 Å². The number of amidine groups is 6. The lowest BCUT2D eigenvalue weighted by Gasteiger charge is -2.17. The number of aromatic amines is 1. The molecule has 47 heteroatoms. The highest BCUT2D eigenvalue weighted by Gasteiger charge is 2.42. The van der Waals surface area contributed by atoms with Crippen molar-refractivity contribution >= 4 is 187 Å². The summed E-state index contributed by atoms with van der Waals surface area (Å²) in [6, 6.07) is 21.7. The quantitative estimate of drug-likeness (QED) is 0.0167. The molecule has 0 fully saturated rings. The van der Waals surface area contributed by atoms with Crippen LogP contribution < -0.4 is 25.9 Å². The molecule has 7 aromatic carbocycles. The van der Waals surface area contributed by atoms with Gasteiger partial charge in [0.05, 0.1) is 33.2 Å². The number of halogens is 3. The normalized spacial score (nSPS) is 18.0. The van der Waals surface area contributed by atoms with Gasteiger partial charge in [0, 0.05) is 38.9 Å². The van der Waals surface area contributed by atoms with Crippen molar-refractivity contribution in [3.8, 4) is 0 Å². The number of hydrogen-bond acceptors (Lipinski definition) is 28. The van der Waals surface area contributed by atoms with E-state index in [1.807, 2.05) is 0 Å². The summed E-state index contributed by atoms with van der Waals surface area (Å²) in [5, 5.41) is 17.5. The number of carbonyl (C=O) groups is 1. The first-order chi connectivity index (χ1) is 50.1. The fraction of sp³-hybridized carbons (Fsp3) is 0.0667. The SMILES string of the molecule is CC1=NN(c2ccc(/C=C\c3cccc(N=c4[nH]c(Cl)nc(Cl)c4Cl)c3S(=O)(=O)O)cc2S(=O)(=O)O)C(=O)C1N=Nc1cc(NS(=O)(=O)c2cccc3c2C2=NC3N=C3N=C(N=C4NC(NC5=NC(=N2)c2cccc(S(=O)(=O)O)c25)c2cccc(S(=O)(=O)O)c24)c2cccc(S(=O)(=O)O)c23)ccc1S(=O)(=O)O. The summed E-state index contributed by atoms with van der Waals surface area (Å²) < 4.78 is 252. The molecule has 8 aromatic rings. The van der Waals surface area contributed by atoms with Gasteiger partial charge in [-0.25, -0.2) is 48.3 Å². The molecule has 1 amide bonds. The summed E-state index contributed by atoms with van der Waals surface area (Å²) in [6.45, 7) is 1.21. The molecule has 3 atom stereocenters. The zero-order valence-corrected chi connectivity index (χ0v) is 60.7. The first-order valence-electron chi connectivity index (χ1n) is 29.6. The summed E-state index contributed by atoms with van der Waals surface area (Å²) in [5.41, 5.74) is -4.84. The Morgan fingerprint density at radius 3 is 1.70 bits per heavy atom. The molecule has 0 aliphatic carbocycles. The number of rotatable bonds is 15. The van der Waals surface area contributed by atoms with Gasteiger partial charge >= 0.3 is 0 Å². The molecule has 37 nitrogen and oxygen atoms in total. The van der Waals surface area contributed by atoms with E-state index in [-0.39, 0.29) is 105 Å². The number of hydrogen-bond donors (Lipinski definition) is 10. The van der Waals surface area contributed by atoms with Gasteiger partial charge in [-0.15, -0.1) is 0 Å². The average Bonchev–Trinajstić information content (AvgIpc) is 1.58. The Labute approximate surface area is 617 Å². The van der Waals surface area contributed by atoms with Gasteiger partial charge in [0.25, 0.3) is 76.6 Å². The molecule has 8 bridgehead atoms. The fourth-order valence-electron chi connectivity index (χ4n) is 11.9. The lowest BCUT2D eigenvalue weighted by Crippen LogP contribution is -2.37. The highest BCUT2D eigenvalue weighted by atomic mass is 35.5. The summed E-state index contributed by atoms with van der Waals surface area (Å²) in [4.78, 5) is 46.7. The van der Waals surface area contributed by atoms with Crippen LogP contribution >= 0.6 is 34.8 Å². The number of fused-ring (bicyclic) bond motifs is 17. The molecule has 0 saturated carbocycles. The van der Waals surface area contributed by atoms with Crippen LogP contribution in [0, 0.1) is 0 Å². The molecule has 0 spiro atoms. The van der Waals surface area contributed by atoms with Crippen LogP contribution in [0.5, 0.6) is 0 Å². The van der Waals surface area contributed by atoms with Crippen LogP contribution in [0.15, 0.2) is 212 Å². The van der Waals surface area contributed by atoms with E-state index in [1.165, 1.54) is 79.7 Å². The number of H-pyrrole nitrogens is 1. The first-order valence-corrected chi connectivity index (χ1v) is 40.9. The van der Waals surface area contributed by atoms with Gasteiger partial charge in [0.2, 0.25) is 5.28 Å². The fourth-order valence-corrected chi connectivity index (χ4v) is 18.0. The maximum Gasteiger partial charge on any atom is 0.297 e. The number of nitrogens with zero attached hydrogens (tertiary/aromatic N) is 12. The number of carbonyl (C=O) groups excluding carboxylic acids is 1. The number of azo groups is 1. The number of amides is 1. The molecule has 7 heterocycles. The molecule has 107 heavy (non-hydrogen) atoms. The molecule has 14 rings (SSSR count). The van der Waals surface area contributed by atoms with Crippen LogP contribution in [0.4, 0.5) is 22.7 Å². The van der Waals surface area contributed by atoms with Crippen LogP contribution in [-0.4, -0.2) is 149 Å². The minimum atomic E-state index is -5.31. The van der Waals surface area contributed by atoms with Crippen LogP contribution in [0.25, 0.3) is 12.2 Å². The number of hydrazone groups is 1. The van der Waals surface area contributed by atoms with Crippen molar-refractivity contribution in [1.29, 1.82) is 0 Å². The average molecular weight is 1650 g/mol. The van der Waals surface area contributed by atoms with Gasteiger partial charge in [-0.2, -0.15) is 70.8 Å². The molecule has 0 saturated heterocycles. The summed E-state index contributed by atoms with van der Waals surface area (Å²) in [7, 11) is -36.3. The second kappa shape index (κ2) is 26.2. The topological polar surface area (TPSA) is 569 Å². The van der Waals surface area contributed by atoms with Crippen molar-refractivity contribution in [2.45, 2.75) is 59.6 Å². The summed E-state index contributed by atoms with van der Waals surface area (Å²) in [5.74, 6) is -3.75. The van der Waals surface area contributed by atoms with Gasteiger partial charge < -0.3 is 15.6 Å². The molecule has 3 unspecified atom stereocenters. The van der Waals surface area contributed by atoms with E-state index >= 15 is 8.42 Å². The van der Waals surface area contributed by atoms with Crippen molar-refractivity contribution in [1.82, 2.24) is 20.6 Å². The number of aliphatic imine (C=N–C) groups is 6. The van der Waals surface area contributed by atoms with Crippen molar-refractivity contribution in [3.05, 3.63) is 204 Å². The first kappa shape index (κ1) is 73.5. The lowest BCUT2D eigenvalue weighted by atomic mass is 10.1. The van der Waals surface area contributed by atoms with Gasteiger partial charge in [-0.05, 0) is 90.3 Å². The van der Waals surface area contributed by atoms with E-state index in [9.17, 15) is 82.6 Å². The molecule has 6 aliphatic rings. The Kier molecular flexibility index (Phi) is 18.0. The number of anilines is 2. The Balaban J connectivity index is 0.823. The van der Waals surface area contributed by atoms with E-state index in [4.69, 9.17) is 34.8 Å². The molecule has 6 aliphatic heterocycles. The molecule has 10 N–H and O–H groups in total. The minimum absolute atomic E-state index is 0.0300. The number of aromatic nitrogens is 2. The maximum absolute atomic E-state index is 15.2. The van der Waals surface area contributed by atoms with E-state index in [1.54, 1.807) is 0 Å². The molecular weight excluding hydrogens is 1610 g/mol. The molecule has 548 valence electrons. The highest BCUT2D eigenvalue weighted by Crippen LogP contribution is 2.42. The highest BCUT2D eigenvalue weighted by molar-refractivity contribution is 7.93. The van der Waals surface area contributed by atoms with Gasteiger partial charge in [-0.1, -0.05) is 102 Å². The molecular formula is C60H39Cl3N16O21S7. The van der Waals surface area contributed by atoms with Gasteiger partial charge in [0.15, 0.2) is 46.2 Å². The molecule has 0 radical (unpaired) electrons. The third-order valence-corrected chi connectivity index (χ3v) is 24.1. The zero-order chi connectivity index (χ0) is 76.7. The van der Waals surface area contributed by atoms with E-state index in [2.05, 4.69) is 75.6 Å². The number of benzene rings is 7. The zero-order valence-electron chi connectivity index (χ0n) is 52.7. The number of sulfonamides is 1. The third kappa shape index (κ3) is 13.8. The van der Waals surface area contributed by atoms with Gasteiger partial charge in [0.1, 0.15) is 57.9 Å². The van der Waals surface area contributed by atoms with Crippen molar-refractivity contribution in [2.24, 2.45) is 50.3 Å². The third-order valence-electron chi connectivity index (χ3n) is 16.3. The number of nitrogens with one attached hydrogen (secondary N) is 4. The summed E-state index contributed by atoms with van der Waals surface area (Å²) in [6.07, 6.45) is -0.785. The van der Waals surface area contributed by atoms with Gasteiger partial charge in [-0.3, -0.25) is 36.8 Å². The Hall–Kier alpha value is -10.4. The maximum atomic E-state index is 15.2. The largest absolute Gasteiger partial charge is 0.346 e. The summed E-state index contributed by atoms with van der Waals surface area (Å²) >= 11 is 18.2. The Morgan fingerprint density at radius 2 is 1.08 bits per heavy atom. The predicted octanol–water partition coefficient (Wildman–Crippen LogP) is 6.75. The van der Waals surface area contributed by atoms with E-state index < -0.39 is 164 Å². The standard InChI is InChI=1S/C60H39Cl3N16O21S7/c1-25-47(59(80)79(77-25)35-21-18-26(23-41(35)106(95,96)97)17-19-27-7-2-12-33(48(27)107(98,99)100)64-58-46(61)49(62)65-60(63)74-58)76-75-34-24-28(20-22-36(34)102(83,84)85)78-101(81,82)37-13-3-8-29-42(37)54-66-50(29)68-55-44-31(10-5-15-39(44)104(89,90)91)52(70-55)72-57-45-32(11-6-16-40(45)105(92,93)94)53(73-57)71-56-43-30(51(67-54)69-56)9-4-14-38(43)103(86,87)88/h2-24,47,50,53,78H,1H3,(H,64,65,74)(H,83,84,85)(H,86,87,88)(H,89,90,91)(H,92,93,94)(H,95,96,97)(H,98,99,100)(H,66,67,69,71)(H,68,70,72,73)/b19-17-,76-75?.